The number of fused-ring (bicyclic) bond motifs is 1. The van der Waals surface area contributed by atoms with Crippen LogP contribution in [0.25, 0.3) is 0 Å². The number of likely N-dealkylation sites (tertiary alicyclic amines) is 1. The van der Waals surface area contributed by atoms with Crippen molar-refractivity contribution in [3.8, 4) is 6.07 Å². The summed E-state index contributed by atoms with van der Waals surface area (Å²) in [6.07, 6.45) is 2.67. The fourth-order valence-electron chi connectivity index (χ4n) is 4.74. The number of alkyl carbamates (subject to hydrolysis) is 1. The van der Waals surface area contributed by atoms with Crippen LogP contribution in [0.5, 0.6) is 0 Å². The average molecular weight is 493 g/mol. The zero-order chi connectivity index (χ0) is 26.0. The summed E-state index contributed by atoms with van der Waals surface area (Å²) in [6.45, 7) is 8.61. The van der Waals surface area contributed by atoms with Gasteiger partial charge in [-0.2, -0.15) is 5.26 Å². The number of nitriles is 1. The standard InChI is InChI=1S/C26H32N6O4/c1-17-28-15-21-16-31(25(35)32(17)21)20-9-11-30(12-10-20)23(33)22(29-24(34)36-26(2,3)4)13-18-5-7-19(14-27)8-6-18/h5-8,15,20,22H,9-13,16H2,1-4H3,(H,29,34)/t22-/m1/s1. The van der Waals surface area contributed by atoms with Crippen LogP contribution in [0.2, 0.25) is 0 Å². The molecule has 1 aromatic carbocycles. The van der Waals surface area contributed by atoms with Gasteiger partial charge in [0.1, 0.15) is 17.5 Å². The Morgan fingerprint density at radius 1 is 1.22 bits per heavy atom. The second kappa shape index (κ2) is 10.0. The van der Waals surface area contributed by atoms with Gasteiger partial charge in [0.05, 0.1) is 30.1 Å². The molecule has 3 heterocycles. The quantitative estimate of drug-likeness (QED) is 0.685. The third-order valence-electron chi connectivity index (χ3n) is 6.51. The number of hydrogen-bond acceptors (Lipinski definition) is 6. The highest BCUT2D eigenvalue weighted by Crippen LogP contribution is 2.26. The smallest absolute Gasteiger partial charge is 0.408 e. The Morgan fingerprint density at radius 2 is 1.89 bits per heavy atom. The van der Waals surface area contributed by atoms with Crippen molar-refractivity contribution in [1.82, 2.24) is 24.7 Å². The van der Waals surface area contributed by atoms with Gasteiger partial charge in [0, 0.05) is 25.6 Å². The predicted molar refractivity (Wildman–Crippen MR) is 131 cm³/mol. The normalized spacial score (nSPS) is 16.9. The Kier molecular flexibility index (Phi) is 7.02. The first-order valence-electron chi connectivity index (χ1n) is 12.2. The Hall–Kier alpha value is -3.87. The number of aromatic nitrogens is 2. The van der Waals surface area contributed by atoms with Crippen molar-refractivity contribution in [3.63, 3.8) is 0 Å². The number of ether oxygens (including phenoxy) is 1. The van der Waals surface area contributed by atoms with Gasteiger partial charge in [-0.15, -0.1) is 0 Å². The van der Waals surface area contributed by atoms with Crippen LogP contribution in [0.1, 0.15) is 56.3 Å². The van der Waals surface area contributed by atoms with E-state index in [4.69, 9.17) is 10.00 Å². The molecule has 4 rings (SSSR count). The number of carbonyl (C=O) groups excluding carboxylic acids is 3. The highest BCUT2D eigenvalue weighted by Gasteiger charge is 2.37. The Morgan fingerprint density at radius 3 is 2.47 bits per heavy atom. The van der Waals surface area contributed by atoms with Crippen molar-refractivity contribution < 1.29 is 19.1 Å². The molecular formula is C26H32N6O4. The van der Waals surface area contributed by atoms with Crippen molar-refractivity contribution in [2.75, 3.05) is 13.1 Å². The van der Waals surface area contributed by atoms with Crippen LogP contribution < -0.4 is 5.32 Å². The third kappa shape index (κ3) is 5.51. The molecule has 1 N–H and O–H groups in total. The molecule has 0 saturated carbocycles. The molecule has 0 unspecified atom stereocenters. The molecule has 10 heteroatoms. The van der Waals surface area contributed by atoms with E-state index >= 15 is 0 Å². The van der Waals surface area contributed by atoms with Gasteiger partial charge in [-0.25, -0.2) is 14.6 Å². The van der Waals surface area contributed by atoms with E-state index in [1.54, 1.807) is 60.7 Å². The maximum Gasteiger partial charge on any atom is 0.408 e. The van der Waals surface area contributed by atoms with Gasteiger partial charge in [-0.1, -0.05) is 12.1 Å². The van der Waals surface area contributed by atoms with E-state index in [1.807, 2.05) is 11.8 Å². The number of piperidine rings is 1. The number of rotatable bonds is 5. The molecule has 36 heavy (non-hydrogen) atoms. The van der Waals surface area contributed by atoms with E-state index in [1.165, 1.54) is 0 Å². The first kappa shape index (κ1) is 25.2. The highest BCUT2D eigenvalue weighted by molar-refractivity contribution is 5.86. The molecule has 0 aliphatic carbocycles. The summed E-state index contributed by atoms with van der Waals surface area (Å²) in [7, 11) is 0. The summed E-state index contributed by atoms with van der Waals surface area (Å²) >= 11 is 0. The largest absolute Gasteiger partial charge is 0.444 e. The molecule has 2 aliphatic rings. The Bertz CT molecular complexity index is 1180. The van der Waals surface area contributed by atoms with Gasteiger partial charge >= 0.3 is 12.1 Å². The molecule has 190 valence electrons. The van der Waals surface area contributed by atoms with Gasteiger partial charge in [-0.05, 0) is 58.2 Å². The van der Waals surface area contributed by atoms with Crippen LogP contribution >= 0.6 is 0 Å². The molecule has 1 aromatic heterocycles. The lowest BCUT2D eigenvalue weighted by Gasteiger charge is -2.37. The summed E-state index contributed by atoms with van der Waals surface area (Å²) in [5.41, 5.74) is 1.55. The van der Waals surface area contributed by atoms with Gasteiger partial charge < -0.3 is 19.9 Å². The van der Waals surface area contributed by atoms with Crippen molar-refractivity contribution in [2.24, 2.45) is 0 Å². The summed E-state index contributed by atoms with van der Waals surface area (Å²) < 4.78 is 7.04. The molecule has 0 bridgehead atoms. The van der Waals surface area contributed by atoms with Crippen LogP contribution in [-0.2, 0) is 22.5 Å². The second-order valence-corrected chi connectivity index (χ2v) is 10.3. The number of hydrogen-bond donors (Lipinski definition) is 1. The number of aryl methyl sites for hydroxylation is 1. The van der Waals surface area contributed by atoms with E-state index < -0.39 is 17.7 Å². The molecule has 2 aromatic rings. The maximum absolute atomic E-state index is 13.5. The van der Waals surface area contributed by atoms with E-state index in [9.17, 15) is 14.4 Å². The fraction of sp³-hybridized carbons (Fsp3) is 0.500. The van der Waals surface area contributed by atoms with Crippen LogP contribution in [0.4, 0.5) is 9.59 Å². The average Bonchev–Trinajstić information content (AvgIpc) is 3.37. The van der Waals surface area contributed by atoms with Crippen molar-refractivity contribution in [1.29, 1.82) is 5.26 Å². The second-order valence-electron chi connectivity index (χ2n) is 10.3. The minimum Gasteiger partial charge on any atom is -0.444 e. The number of imidazole rings is 1. The van der Waals surface area contributed by atoms with Gasteiger partial charge in [-0.3, -0.25) is 9.36 Å². The maximum atomic E-state index is 13.5. The van der Waals surface area contributed by atoms with Gasteiger partial charge in [0.25, 0.3) is 0 Å². The zero-order valence-corrected chi connectivity index (χ0v) is 21.2. The van der Waals surface area contributed by atoms with Gasteiger partial charge in [0.2, 0.25) is 5.91 Å². The van der Waals surface area contributed by atoms with Crippen molar-refractivity contribution in [3.05, 3.63) is 53.1 Å². The lowest BCUT2D eigenvalue weighted by molar-refractivity contribution is -0.134. The van der Waals surface area contributed by atoms with E-state index in [2.05, 4.69) is 16.4 Å². The van der Waals surface area contributed by atoms with Crippen LogP contribution in [0.3, 0.4) is 0 Å². The zero-order valence-electron chi connectivity index (χ0n) is 21.2. The Balaban J connectivity index is 1.41. The summed E-state index contributed by atoms with van der Waals surface area (Å²) in [4.78, 5) is 46.7. The van der Waals surface area contributed by atoms with Crippen LogP contribution in [-0.4, -0.2) is 68.2 Å². The van der Waals surface area contributed by atoms with E-state index in [0.717, 1.165) is 11.3 Å². The molecule has 0 radical (unpaired) electrons. The monoisotopic (exact) mass is 492 g/mol. The molecule has 10 nitrogen and oxygen atoms in total. The number of nitrogens with one attached hydrogen (secondary N) is 1. The number of nitrogens with zero attached hydrogens (tertiary/aromatic N) is 5. The first-order chi connectivity index (χ1) is 17.1. The summed E-state index contributed by atoms with van der Waals surface area (Å²) in [6, 6.07) is 8.20. The highest BCUT2D eigenvalue weighted by atomic mass is 16.6. The lowest BCUT2D eigenvalue weighted by atomic mass is 10.00. The molecule has 1 atom stereocenters. The van der Waals surface area contributed by atoms with Crippen LogP contribution in [0, 0.1) is 18.3 Å². The Labute approximate surface area is 210 Å². The predicted octanol–water partition coefficient (Wildman–Crippen LogP) is 2.97. The van der Waals surface area contributed by atoms with Gasteiger partial charge in [0.15, 0.2) is 0 Å². The minimum atomic E-state index is -0.813. The van der Waals surface area contributed by atoms with Crippen molar-refractivity contribution in [2.45, 2.75) is 71.2 Å². The molecule has 3 amide bonds. The fourth-order valence-corrected chi connectivity index (χ4v) is 4.74. The molecule has 1 fully saturated rings. The topological polar surface area (TPSA) is 121 Å². The molecule has 0 spiro atoms. The number of benzene rings is 1. The summed E-state index contributed by atoms with van der Waals surface area (Å²) in [5.74, 6) is 0.492. The van der Waals surface area contributed by atoms with Crippen LogP contribution in [0.15, 0.2) is 30.5 Å². The third-order valence-corrected chi connectivity index (χ3v) is 6.51. The molecular weight excluding hydrogens is 460 g/mol. The minimum absolute atomic E-state index is 0.0386. The first-order valence-corrected chi connectivity index (χ1v) is 12.2. The summed E-state index contributed by atoms with van der Waals surface area (Å²) in [5, 5.41) is 11.8. The number of carbonyl (C=O) groups is 3. The van der Waals surface area contributed by atoms with Crippen molar-refractivity contribution >= 4 is 18.0 Å². The molecule has 2 aliphatic heterocycles. The molecule has 1 saturated heterocycles. The van der Waals surface area contributed by atoms with E-state index in [0.29, 0.717) is 43.9 Å². The lowest BCUT2D eigenvalue weighted by Crippen LogP contribution is -2.54. The SMILES string of the molecule is Cc1ncc2n1C(=O)N(C1CCN(C(=O)[C@@H](Cc3ccc(C#N)cc3)NC(=O)OC(C)(C)C)CC1)C2. The van der Waals surface area contributed by atoms with E-state index in [-0.39, 0.29) is 24.4 Å². The number of amides is 3.